The Bertz CT molecular complexity index is 307. The first kappa shape index (κ1) is 14.2. The van der Waals surface area contributed by atoms with Crippen molar-refractivity contribution >= 4 is 0 Å². The monoisotopic (exact) mass is 238 g/mol. The third kappa shape index (κ3) is 5.31. The number of rotatable bonds is 7. The molecule has 4 heteroatoms. The van der Waals surface area contributed by atoms with Crippen molar-refractivity contribution in [3.8, 4) is 0 Å². The molecule has 1 heterocycles. The SMILES string of the molecule is CC(C)CC(CC(C)C)NCc1nncn1C. The van der Waals surface area contributed by atoms with E-state index in [9.17, 15) is 0 Å². The summed E-state index contributed by atoms with van der Waals surface area (Å²) in [6.45, 7) is 9.91. The van der Waals surface area contributed by atoms with Crippen LogP contribution < -0.4 is 5.32 Å². The van der Waals surface area contributed by atoms with E-state index in [1.165, 1.54) is 12.8 Å². The summed E-state index contributed by atoms with van der Waals surface area (Å²) in [6, 6.07) is 0.576. The molecule has 0 aliphatic carbocycles. The average molecular weight is 238 g/mol. The molecule has 17 heavy (non-hydrogen) atoms. The lowest BCUT2D eigenvalue weighted by Gasteiger charge is -2.22. The standard InChI is InChI=1S/C13H26N4/c1-10(2)6-12(7-11(3)4)14-8-13-16-15-9-17(13)5/h9-12,14H,6-8H2,1-5H3. The minimum atomic E-state index is 0.576. The number of nitrogens with one attached hydrogen (secondary N) is 1. The fourth-order valence-electron chi connectivity index (χ4n) is 2.10. The Balaban J connectivity index is 2.45. The summed E-state index contributed by atoms with van der Waals surface area (Å²) >= 11 is 0. The molecule has 0 bridgehead atoms. The van der Waals surface area contributed by atoms with E-state index in [1.54, 1.807) is 6.33 Å². The lowest BCUT2D eigenvalue weighted by atomic mass is 9.95. The van der Waals surface area contributed by atoms with Crippen LogP contribution in [0, 0.1) is 11.8 Å². The summed E-state index contributed by atoms with van der Waals surface area (Å²) in [6.07, 6.45) is 4.18. The number of nitrogens with zero attached hydrogens (tertiary/aromatic N) is 3. The molecular formula is C13H26N4. The van der Waals surface area contributed by atoms with Gasteiger partial charge in [-0.1, -0.05) is 27.7 Å². The highest BCUT2D eigenvalue weighted by Gasteiger charge is 2.13. The zero-order chi connectivity index (χ0) is 12.8. The maximum atomic E-state index is 4.10. The van der Waals surface area contributed by atoms with Crippen molar-refractivity contribution in [3.63, 3.8) is 0 Å². The fourth-order valence-corrected chi connectivity index (χ4v) is 2.10. The molecule has 0 saturated heterocycles. The summed E-state index contributed by atoms with van der Waals surface area (Å²) in [4.78, 5) is 0. The molecule has 0 saturated carbocycles. The van der Waals surface area contributed by atoms with Crippen LogP contribution in [-0.2, 0) is 13.6 Å². The van der Waals surface area contributed by atoms with Crippen LogP contribution in [0.1, 0.15) is 46.4 Å². The first-order chi connectivity index (χ1) is 7.99. The molecule has 0 spiro atoms. The van der Waals surface area contributed by atoms with E-state index in [2.05, 4.69) is 43.2 Å². The van der Waals surface area contributed by atoms with Gasteiger partial charge >= 0.3 is 0 Å². The van der Waals surface area contributed by atoms with Crippen molar-refractivity contribution in [2.75, 3.05) is 0 Å². The number of hydrogen-bond acceptors (Lipinski definition) is 3. The van der Waals surface area contributed by atoms with Crippen molar-refractivity contribution in [3.05, 3.63) is 12.2 Å². The van der Waals surface area contributed by atoms with Gasteiger partial charge in [0.15, 0.2) is 0 Å². The average Bonchev–Trinajstić information content (AvgIpc) is 2.59. The van der Waals surface area contributed by atoms with Gasteiger partial charge in [-0.3, -0.25) is 0 Å². The summed E-state index contributed by atoms with van der Waals surface area (Å²) in [5.41, 5.74) is 0. The van der Waals surface area contributed by atoms with Gasteiger partial charge in [0.1, 0.15) is 12.2 Å². The molecule has 1 aromatic rings. The van der Waals surface area contributed by atoms with Crippen molar-refractivity contribution in [1.29, 1.82) is 0 Å². The molecule has 98 valence electrons. The van der Waals surface area contributed by atoms with Gasteiger partial charge in [-0.15, -0.1) is 10.2 Å². The van der Waals surface area contributed by atoms with Crippen LogP contribution in [0.25, 0.3) is 0 Å². The molecule has 1 N–H and O–H groups in total. The third-order valence-electron chi connectivity index (χ3n) is 2.87. The lowest BCUT2D eigenvalue weighted by Crippen LogP contribution is -2.32. The first-order valence-corrected chi connectivity index (χ1v) is 6.55. The molecule has 0 radical (unpaired) electrons. The van der Waals surface area contributed by atoms with Gasteiger partial charge in [0.25, 0.3) is 0 Å². The normalized spacial score (nSPS) is 12.0. The van der Waals surface area contributed by atoms with Gasteiger partial charge in [-0.2, -0.15) is 0 Å². The maximum absolute atomic E-state index is 4.10. The minimum Gasteiger partial charge on any atom is -0.320 e. The number of aromatic nitrogens is 3. The topological polar surface area (TPSA) is 42.7 Å². The summed E-state index contributed by atoms with van der Waals surface area (Å²) in [5.74, 6) is 2.46. The molecule has 1 rings (SSSR count). The summed E-state index contributed by atoms with van der Waals surface area (Å²) in [7, 11) is 1.98. The Labute approximate surface area is 105 Å². The molecule has 0 unspecified atom stereocenters. The maximum Gasteiger partial charge on any atom is 0.146 e. The van der Waals surface area contributed by atoms with Gasteiger partial charge in [0.05, 0.1) is 6.54 Å². The van der Waals surface area contributed by atoms with Crippen LogP contribution >= 0.6 is 0 Å². The number of aryl methyl sites for hydroxylation is 1. The molecule has 0 amide bonds. The van der Waals surface area contributed by atoms with Crippen molar-refractivity contribution in [2.24, 2.45) is 18.9 Å². The molecule has 0 aliphatic rings. The Morgan fingerprint density at radius 1 is 1.18 bits per heavy atom. The van der Waals surface area contributed by atoms with Gasteiger partial charge < -0.3 is 9.88 Å². The van der Waals surface area contributed by atoms with Crippen LogP contribution in [0.2, 0.25) is 0 Å². The largest absolute Gasteiger partial charge is 0.320 e. The summed E-state index contributed by atoms with van der Waals surface area (Å²) < 4.78 is 1.97. The van der Waals surface area contributed by atoms with Crippen LogP contribution in [0.5, 0.6) is 0 Å². The highest BCUT2D eigenvalue weighted by atomic mass is 15.3. The zero-order valence-electron chi connectivity index (χ0n) is 11.8. The molecule has 4 nitrogen and oxygen atoms in total. The van der Waals surface area contributed by atoms with E-state index >= 15 is 0 Å². The Hall–Kier alpha value is -0.900. The van der Waals surface area contributed by atoms with Gasteiger partial charge in [-0.05, 0) is 24.7 Å². The third-order valence-corrected chi connectivity index (χ3v) is 2.87. The minimum absolute atomic E-state index is 0.576. The second-order valence-electron chi connectivity index (χ2n) is 5.69. The number of hydrogen-bond donors (Lipinski definition) is 1. The van der Waals surface area contributed by atoms with E-state index in [4.69, 9.17) is 0 Å². The highest BCUT2D eigenvalue weighted by Crippen LogP contribution is 2.13. The zero-order valence-corrected chi connectivity index (χ0v) is 11.8. The van der Waals surface area contributed by atoms with E-state index in [0.717, 1.165) is 24.2 Å². The predicted octanol–water partition coefficient (Wildman–Crippen LogP) is 2.37. The first-order valence-electron chi connectivity index (χ1n) is 6.55. The van der Waals surface area contributed by atoms with Gasteiger partial charge in [0.2, 0.25) is 0 Å². The second-order valence-corrected chi connectivity index (χ2v) is 5.69. The van der Waals surface area contributed by atoms with E-state index in [-0.39, 0.29) is 0 Å². The van der Waals surface area contributed by atoms with Crippen LogP contribution in [0.3, 0.4) is 0 Å². The van der Waals surface area contributed by atoms with Gasteiger partial charge in [-0.25, -0.2) is 0 Å². The predicted molar refractivity (Wildman–Crippen MR) is 70.5 cm³/mol. The second kappa shape index (κ2) is 6.74. The van der Waals surface area contributed by atoms with Crippen molar-refractivity contribution < 1.29 is 0 Å². The molecule has 1 aromatic heterocycles. The Morgan fingerprint density at radius 3 is 2.18 bits per heavy atom. The van der Waals surface area contributed by atoms with E-state index in [0.29, 0.717) is 6.04 Å². The molecular weight excluding hydrogens is 212 g/mol. The Kier molecular flexibility index (Phi) is 5.62. The van der Waals surface area contributed by atoms with E-state index < -0.39 is 0 Å². The Morgan fingerprint density at radius 2 is 1.76 bits per heavy atom. The molecule has 0 atom stereocenters. The molecule has 0 aromatic carbocycles. The lowest BCUT2D eigenvalue weighted by molar-refractivity contribution is 0.354. The van der Waals surface area contributed by atoms with Crippen molar-refractivity contribution in [1.82, 2.24) is 20.1 Å². The highest BCUT2D eigenvalue weighted by molar-refractivity contribution is 4.84. The fraction of sp³-hybridized carbons (Fsp3) is 0.846. The van der Waals surface area contributed by atoms with Crippen LogP contribution in [-0.4, -0.2) is 20.8 Å². The molecule has 0 aliphatic heterocycles. The smallest absolute Gasteiger partial charge is 0.146 e. The van der Waals surface area contributed by atoms with E-state index in [1.807, 2.05) is 11.6 Å². The van der Waals surface area contributed by atoms with Crippen molar-refractivity contribution in [2.45, 2.75) is 53.1 Å². The van der Waals surface area contributed by atoms with Gasteiger partial charge in [0, 0.05) is 13.1 Å². The van der Waals surface area contributed by atoms with Crippen LogP contribution in [0.4, 0.5) is 0 Å². The molecule has 0 fully saturated rings. The van der Waals surface area contributed by atoms with Crippen LogP contribution in [0.15, 0.2) is 6.33 Å². The summed E-state index contributed by atoms with van der Waals surface area (Å²) in [5, 5.41) is 11.6. The quantitative estimate of drug-likeness (QED) is 0.793.